The number of hydrogen-bond acceptors (Lipinski definition) is 5. The number of nitrogens with zero attached hydrogens (tertiary/aromatic N) is 5. The molecule has 0 saturated carbocycles. The van der Waals surface area contributed by atoms with E-state index >= 15 is 0 Å². The van der Waals surface area contributed by atoms with Gasteiger partial charge >= 0.3 is 0 Å². The highest BCUT2D eigenvalue weighted by molar-refractivity contribution is 5.97. The number of carbonyl (C=O) groups excluding carboxylic acids is 1. The van der Waals surface area contributed by atoms with Crippen molar-refractivity contribution in [3.05, 3.63) is 23.5 Å². The second-order valence-electron chi connectivity index (χ2n) is 4.01. The van der Waals surface area contributed by atoms with Crippen LogP contribution in [0.2, 0.25) is 0 Å². The maximum atomic E-state index is 12.0. The Hall–Kier alpha value is -2.38. The average Bonchev–Trinajstić information content (AvgIpc) is 2.81. The molecule has 0 aliphatic carbocycles. The molecule has 0 aliphatic heterocycles. The maximum absolute atomic E-state index is 12.0. The molecule has 0 spiro atoms. The van der Waals surface area contributed by atoms with Gasteiger partial charge in [-0.25, -0.2) is 0 Å². The molecule has 1 amide bonds. The maximum Gasteiger partial charge on any atom is 0.272 e. The molecule has 3 N–H and O–H groups in total. The summed E-state index contributed by atoms with van der Waals surface area (Å²) in [6.07, 6.45) is 1.57. The van der Waals surface area contributed by atoms with Crippen molar-refractivity contribution in [3.8, 4) is 0 Å². The zero-order valence-corrected chi connectivity index (χ0v) is 10.5. The van der Waals surface area contributed by atoms with E-state index in [9.17, 15) is 4.79 Å². The molecule has 0 aromatic carbocycles. The molecule has 2 rings (SSSR count). The Labute approximate surface area is 104 Å². The van der Waals surface area contributed by atoms with E-state index in [4.69, 9.17) is 5.73 Å². The zero-order chi connectivity index (χ0) is 13.3. The van der Waals surface area contributed by atoms with E-state index in [0.717, 1.165) is 0 Å². The molecule has 2 aromatic heterocycles. The summed E-state index contributed by atoms with van der Waals surface area (Å²) < 4.78 is 3.20. The van der Waals surface area contributed by atoms with E-state index in [-0.39, 0.29) is 5.91 Å². The normalized spacial score (nSPS) is 10.6. The Morgan fingerprint density at radius 1 is 1.50 bits per heavy atom. The summed E-state index contributed by atoms with van der Waals surface area (Å²) in [6.45, 7) is 2.05. The predicted molar refractivity (Wildman–Crippen MR) is 64.5 cm³/mol. The number of nitrogens with one attached hydrogen (secondary N) is 1. The van der Waals surface area contributed by atoms with Crippen LogP contribution in [-0.2, 0) is 20.6 Å². The molecule has 0 aliphatic rings. The molecule has 18 heavy (non-hydrogen) atoms. The highest BCUT2D eigenvalue weighted by atomic mass is 16.2. The molecule has 0 bridgehead atoms. The van der Waals surface area contributed by atoms with Gasteiger partial charge in [-0.1, -0.05) is 0 Å². The number of amides is 1. The van der Waals surface area contributed by atoms with Gasteiger partial charge in [0.05, 0.1) is 17.9 Å². The number of carbonyl (C=O) groups is 1. The highest BCUT2D eigenvalue weighted by Gasteiger charge is 2.17. The molecule has 0 saturated heterocycles. The van der Waals surface area contributed by atoms with Crippen LogP contribution in [0.15, 0.2) is 6.33 Å². The van der Waals surface area contributed by atoms with Gasteiger partial charge in [-0.2, -0.15) is 5.10 Å². The lowest BCUT2D eigenvalue weighted by Crippen LogP contribution is -2.27. The molecule has 2 aromatic rings. The summed E-state index contributed by atoms with van der Waals surface area (Å²) in [5, 5.41) is 14.4. The van der Waals surface area contributed by atoms with E-state index < -0.39 is 0 Å². The van der Waals surface area contributed by atoms with Crippen LogP contribution in [0, 0.1) is 6.92 Å². The topological polar surface area (TPSA) is 104 Å². The average molecular weight is 249 g/mol. The second kappa shape index (κ2) is 4.47. The third-order valence-corrected chi connectivity index (χ3v) is 2.70. The Balaban J connectivity index is 2.11. The van der Waals surface area contributed by atoms with Crippen LogP contribution in [-0.4, -0.2) is 30.5 Å². The number of aromatic nitrogens is 5. The van der Waals surface area contributed by atoms with Crippen molar-refractivity contribution >= 4 is 11.6 Å². The SMILES string of the molecule is Cc1nn(C)c(C(=O)NCc2nncn2C)c1N. The molecule has 0 atom stereocenters. The van der Waals surface area contributed by atoms with Gasteiger partial charge in [0, 0.05) is 14.1 Å². The molecule has 8 heteroatoms. The molecule has 0 fully saturated rings. The van der Waals surface area contributed by atoms with Crippen molar-refractivity contribution in [1.82, 2.24) is 29.9 Å². The molecule has 2 heterocycles. The fourth-order valence-corrected chi connectivity index (χ4v) is 1.65. The fourth-order valence-electron chi connectivity index (χ4n) is 1.65. The van der Waals surface area contributed by atoms with Crippen LogP contribution >= 0.6 is 0 Å². The minimum atomic E-state index is -0.279. The lowest BCUT2D eigenvalue weighted by atomic mass is 10.3. The Morgan fingerprint density at radius 2 is 2.22 bits per heavy atom. The number of rotatable bonds is 3. The lowest BCUT2D eigenvalue weighted by Gasteiger charge is -2.05. The van der Waals surface area contributed by atoms with Crippen molar-refractivity contribution in [2.75, 3.05) is 5.73 Å². The van der Waals surface area contributed by atoms with Crippen molar-refractivity contribution in [2.45, 2.75) is 13.5 Å². The number of aryl methyl sites for hydroxylation is 3. The molecular formula is C10H15N7O. The number of nitrogen functional groups attached to an aromatic ring is 1. The zero-order valence-electron chi connectivity index (χ0n) is 10.5. The smallest absolute Gasteiger partial charge is 0.272 e. The predicted octanol–water partition coefficient (Wildman–Crippen LogP) is -0.631. The minimum Gasteiger partial charge on any atom is -0.395 e. The Kier molecular flexibility index (Phi) is 3.00. The van der Waals surface area contributed by atoms with Crippen molar-refractivity contribution in [1.29, 1.82) is 0 Å². The molecule has 0 radical (unpaired) electrons. The van der Waals surface area contributed by atoms with E-state index in [1.54, 1.807) is 24.9 Å². The number of nitrogens with two attached hydrogens (primary N) is 1. The third kappa shape index (κ3) is 2.04. The Bertz CT molecular complexity index is 583. The van der Waals surface area contributed by atoms with Crippen molar-refractivity contribution in [2.24, 2.45) is 14.1 Å². The number of anilines is 1. The molecule has 8 nitrogen and oxygen atoms in total. The minimum absolute atomic E-state index is 0.279. The first kappa shape index (κ1) is 12.1. The van der Waals surface area contributed by atoms with E-state index in [0.29, 0.717) is 29.4 Å². The first-order valence-corrected chi connectivity index (χ1v) is 5.41. The van der Waals surface area contributed by atoms with E-state index in [1.165, 1.54) is 4.68 Å². The second-order valence-corrected chi connectivity index (χ2v) is 4.01. The molecule has 96 valence electrons. The summed E-state index contributed by atoms with van der Waals surface area (Å²) in [5.41, 5.74) is 7.20. The fraction of sp³-hybridized carbons (Fsp3) is 0.400. The monoisotopic (exact) mass is 249 g/mol. The molecular weight excluding hydrogens is 234 g/mol. The largest absolute Gasteiger partial charge is 0.395 e. The lowest BCUT2D eigenvalue weighted by molar-refractivity contribution is 0.0941. The molecule has 0 unspecified atom stereocenters. The standard InChI is InChI=1S/C10H15N7O/c1-6-8(11)9(17(3)15-6)10(18)12-4-7-14-13-5-16(7)2/h5H,4,11H2,1-3H3,(H,12,18). The van der Waals surface area contributed by atoms with E-state index in [1.807, 2.05) is 7.05 Å². The first-order valence-electron chi connectivity index (χ1n) is 5.41. The third-order valence-electron chi connectivity index (χ3n) is 2.70. The van der Waals surface area contributed by atoms with Crippen molar-refractivity contribution < 1.29 is 4.79 Å². The van der Waals surface area contributed by atoms with Gasteiger partial charge in [-0.05, 0) is 6.92 Å². The highest BCUT2D eigenvalue weighted by Crippen LogP contribution is 2.14. The van der Waals surface area contributed by atoms with Crippen LogP contribution < -0.4 is 11.1 Å². The van der Waals surface area contributed by atoms with Crippen LogP contribution in [0.4, 0.5) is 5.69 Å². The van der Waals surface area contributed by atoms with Crippen LogP contribution in [0.25, 0.3) is 0 Å². The van der Waals surface area contributed by atoms with Gasteiger partial charge in [0.1, 0.15) is 12.0 Å². The van der Waals surface area contributed by atoms with Crippen LogP contribution in [0.1, 0.15) is 22.0 Å². The van der Waals surface area contributed by atoms with Gasteiger partial charge in [-0.15, -0.1) is 10.2 Å². The van der Waals surface area contributed by atoms with Crippen LogP contribution in [0.3, 0.4) is 0 Å². The van der Waals surface area contributed by atoms with Gasteiger partial charge in [0.25, 0.3) is 5.91 Å². The Morgan fingerprint density at radius 3 is 2.72 bits per heavy atom. The summed E-state index contributed by atoms with van der Waals surface area (Å²) in [6, 6.07) is 0. The van der Waals surface area contributed by atoms with Gasteiger partial charge in [-0.3, -0.25) is 9.48 Å². The summed E-state index contributed by atoms with van der Waals surface area (Å²) in [7, 11) is 3.49. The van der Waals surface area contributed by atoms with Crippen LogP contribution in [0.5, 0.6) is 0 Å². The quantitative estimate of drug-likeness (QED) is 0.753. The number of hydrogen-bond donors (Lipinski definition) is 2. The van der Waals surface area contributed by atoms with Gasteiger partial charge in [0.15, 0.2) is 5.82 Å². The summed E-state index contributed by atoms with van der Waals surface area (Å²) in [4.78, 5) is 12.0. The van der Waals surface area contributed by atoms with Gasteiger partial charge < -0.3 is 15.6 Å². The van der Waals surface area contributed by atoms with Crippen molar-refractivity contribution in [3.63, 3.8) is 0 Å². The first-order chi connectivity index (χ1) is 8.50. The van der Waals surface area contributed by atoms with E-state index in [2.05, 4.69) is 20.6 Å². The summed E-state index contributed by atoms with van der Waals surface area (Å²) in [5.74, 6) is 0.388. The van der Waals surface area contributed by atoms with Gasteiger partial charge in [0.2, 0.25) is 0 Å². The summed E-state index contributed by atoms with van der Waals surface area (Å²) >= 11 is 0.